The zero-order valence-electron chi connectivity index (χ0n) is 18.0. The number of hydrogen-bond acceptors (Lipinski definition) is 7. The summed E-state index contributed by atoms with van der Waals surface area (Å²) in [6.07, 6.45) is 0.960. The van der Waals surface area contributed by atoms with Crippen molar-refractivity contribution in [3.8, 4) is 17.1 Å². The van der Waals surface area contributed by atoms with Gasteiger partial charge in [0, 0.05) is 32.9 Å². The second-order valence-electron chi connectivity index (χ2n) is 8.42. The van der Waals surface area contributed by atoms with Crippen LogP contribution in [0.5, 0.6) is 5.75 Å². The van der Waals surface area contributed by atoms with Gasteiger partial charge in [0.1, 0.15) is 23.5 Å². The molecule has 0 radical (unpaired) electrons. The van der Waals surface area contributed by atoms with Crippen molar-refractivity contribution in [3.05, 3.63) is 48.3 Å². The number of para-hydroxylation sites is 1. The van der Waals surface area contributed by atoms with E-state index in [0.29, 0.717) is 61.0 Å². The molecule has 0 bridgehead atoms. The molecule has 2 aliphatic heterocycles. The highest BCUT2D eigenvalue weighted by atomic mass is 19.1. The molecule has 33 heavy (non-hydrogen) atoms. The van der Waals surface area contributed by atoms with Crippen molar-refractivity contribution in [2.75, 3.05) is 37.7 Å². The van der Waals surface area contributed by atoms with Crippen molar-refractivity contribution < 1.29 is 25.2 Å². The van der Waals surface area contributed by atoms with E-state index in [2.05, 4.69) is 15.2 Å². The maximum absolute atomic E-state index is 14.1. The first-order chi connectivity index (χ1) is 16.1. The molecular formula is C24H27FN4O4. The van der Waals surface area contributed by atoms with Crippen LogP contribution in [-0.2, 0) is 9.47 Å². The number of carbonyl (C=O) groups excluding carboxylic acids is 1. The average molecular weight is 455 g/mol. The van der Waals surface area contributed by atoms with Gasteiger partial charge in [0.25, 0.3) is 0 Å². The maximum Gasteiger partial charge on any atom is 0.407 e. The molecule has 174 valence electrons. The highest BCUT2D eigenvalue weighted by Crippen LogP contribution is 2.33. The predicted molar refractivity (Wildman–Crippen MR) is 123 cm³/mol. The number of nitrogens with zero attached hydrogens (tertiary/aromatic N) is 3. The van der Waals surface area contributed by atoms with E-state index in [1.54, 1.807) is 30.3 Å². The minimum atomic E-state index is -0.430. The Morgan fingerprint density at radius 2 is 2.15 bits per heavy atom. The van der Waals surface area contributed by atoms with Gasteiger partial charge in [-0.05, 0) is 42.7 Å². The highest BCUT2D eigenvalue weighted by molar-refractivity contribution is 5.91. The minimum absolute atomic E-state index is 0. The van der Waals surface area contributed by atoms with E-state index in [1.165, 1.54) is 12.1 Å². The number of phenols is 1. The second-order valence-corrected chi connectivity index (χ2v) is 8.42. The summed E-state index contributed by atoms with van der Waals surface area (Å²) >= 11 is 0. The number of carbonyl (C=O) groups is 1. The lowest BCUT2D eigenvalue weighted by atomic mass is 10.1. The van der Waals surface area contributed by atoms with Gasteiger partial charge in [0.05, 0.1) is 24.3 Å². The molecule has 0 spiro atoms. The monoisotopic (exact) mass is 454 g/mol. The van der Waals surface area contributed by atoms with E-state index in [9.17, 15) is 14.3 Å². The van der Waals surface area contributed by atoms with E-state index in [4.69, 9.17) is 14.5 Å². The van der Waals surface area contributed by atoms with Crippen molar-refractivity contribution in [3.63, 3.8) is 0 Å². The number of alkyl carbamates (subject to hydrolysis) is 1. The molecule has 5 rings (SSSR count). The molecule has 1 amide bonds. The molecule has 9 heteroatoms. The predicted octanol–water partition coefficient (Wildman–Crippen LogP) is 3.73. The van der Waals surface area contributed by atoms with Crippen LogP contribution in [0.1, 0.15) is 14.3 Å². The van der Waals surface area contributed by atoms with Crippen molar-refractivity contribution in [1.82, 2.24) is 15.3 Å². The number of hydrogen-bond donors (Lipinski definition) is 2. The van der Waals surface area contributed by atoms with Crippen LogP contribution < -0.4 is 10.2 Å². The number of phenolic OH excluding ortho intramolecular Hbond substituents is 1. The van der Waals surface area contributed by atoms with Crippen LogP contribution in [0.15, 0.2) is 42.5 Å². The fraction of sp³-hybridized carbons (Fsp3) is 0.375. The van der Waals surface area contributed by atoms with Crippen LogP contribution >= 0.6 is 0 Å². The van der Waals surface area contributed by atoms with Gasteiger partial charge in [0.15, 0.2) is 5.82 Å². The second kappa shape index (κ2) is 9.19. The largest absolute Gasteiger partial charge is 0.507 e. The molecule has 2 saturated heterocycles. The molecule has 1 aromatic heterocycles. The van der Waals surface area contributed by atoms with E-state index in [1.807, 2.05) is 0 Å². The summed E-state index contributed by atoms with van der Waals surface area (Å²) in [5, 5.41) is 13.7. The Hall–Kier alpha value is -3.46. The Bertz CT molecular complexity index is 1170. The number of rotatable bonds is 5. The molecule has 3 aromatic rings. The molecule has 2 N–H and O–H groups in total. The molecule has 2 atom stereocenters. The van der Waals surface area contributed by atoms with E-state index in [-0.39, 0.29) is 25.0 Å². The van der Waals surface area contributed by atoms with E-state index < -0.39 is 6.09 Å². The number of halogens is 1. The number of aromatic nitrogens is 2. The van der Waals surface area contributed by atoms with Gasteiger partial charge in [-0.3, -0.25) is 0 Å². The number of anilines is 1. The number of ether oxygens (including phenoxy) is 2. The number of fused-ring (bicyclic) bond motifs is 1. The molecule has 2 aliphatic rings. The molecule has 2 fully saturated rings. The summed E-state index contributed by atoms with van der Waals surface area (Å²) in [5.74, 6) is 0.917. The van der Waals surface area contributed by atoms with Gasteiger partial charge in [0.2, 0.25) is 0 Å². The minimum Gasteiger partial charge on any atom is -0.507 e. The summed E-state index contributed by atoms with van der Waals surface area (Å²) in [4.78, 5) is 23.4. The zero-order valence-corrected chi connectivity index (χ0v) is 18.0. The van der Waals surface area contributed by atoms with Crippen LogP contribution in [0.3, 0.4) is 0 Å². The molecule has 0 unspecified atom stereocenters. The van der Waals surface area contributed by atoms with E-state index in [0.717, 1.165) is 12.8 Å². The number of aromatic hydroxyl groups is 1. The Morgan fingerprint density at radius 1 is 1.27 bits per heavy atom. The summed E-state index contributed by atoms with van der Waals surface area (Å²) < 4.78 is 24.6. The molecule has 0 saturated carbocycles. The number of amides is 1. The van der Waals surface area contributed by atoms with Gasteiger partial charge in [-0.15, -0.1) is 0 Å². The lowest BCUT2D eigenvalue weighted by Crippen LogP contribution is -2.34. The normalized spacial score (nSPS) is 20.3. The van der Waals surface area contributed by atoms with Crippen molar-refractivity contribution in [2.24, 2.45) is 5.92 Å². The standard InChI is InChI=1S/C24H25FN4O4.H2/c25-16-5-6-20-19(11-16)23(28-22(27-20)18-3-1-2-4-21(18)30)29-9-7-15(13-29)12-26-24(31)33-17-8-10-32-14-17;/h1-6,11,15,17,30H,7-10,12-14H2,(H,26,31);1H/t15-,17+;/m0./s1. The van der Waals surface area contributed by atoms with Gasteiger partial charge in [-0.1, -0.05) is 12.1 Å². The van der Waals surface area contributed by atoms with Gasteiger partial charge in [-0.25, -0.2) is 19.2 Å². The Kier molecular flexibility index (Phi) is 5.95. The zero-order chi connectivity index (χ0) is 22.8. The first-order valence-corrected chi connectivity index (χ1v) is 11.1. The van der Waals surface area contributed by atoms with Crippen molar-refractivity contribution >= 4 is 22.8 Å². The molecule has 3 heterocycles. The third-order valence-electron chi connectivity index (χ3n) is 6.06. The summed E-state index contributed by atoms with van der Waals surface area (Å²) in [6.45, 7) is 2.90. The van der Waals surface area contributed by atoms with Crippen LogP contribution in [0, 0.1) is 11.7 Å². The first-order valence-electron chi connectivity index (χ1n) is 11.1. The number of benzene rings is 2. The number of nitrogens with one attached hydrogen (secondary N) is 1. The van der Waals surface area contributed by atoms with Crippen LogP contribution in [0.4, 0.5) is 15.0 Å². The topological polar surface area (TPSA) is 96.8 Å². The SMILES string of the molecule is O=C(NC[C@@H]1CCN(c2nc(-c3ccccc3O)nc3ccc(F)cc23)C1)O[C@@H]1CCOC1.[HH]. The fourth-order valence-electron chi connectivity index (χ4n) is 4.33. The van der Waals surface area contributed by atoms with Gasteiger partial charge < -0.3 is 24.8 Å². The third kappa shape index (κ3) is 4.68. The van der Waals surface area contributed by atoms with Crippen molar-refractivity contribution in [2.45, 2.75) is 18.9 Å². The Balaban J connectivity index is 0.00000274. The fourth-order valence-corrected chi connectivity index (χ4v) is 4.33. The van der Waals surface area contributed by atoms with Crippen LogP contribution in [0.2, 0.25) is 0 Å². The maximum atomic E-state index is 14.1. The third-order valence-corrected chi connectivity index (χ3v) is 6.06. The highest BCUT2D eigenvalue weighted by Gasteiger charge is 2.27. The summed E-state index contributed by atoms with van der Waals surface area (Å²) in [6, 6.07) is 11.3. The van der Waals surface area contributed by atoms with Crippen molar-refractivity contribution in [1.29, 1.82) is 0 Å². The summed E-state index contributed by atoms with van der Waals surface area (Å²) in [5.41, 5.74) is 1.12. The molecule has 2 aromatic carbocycles. The summed E-state index contributed by atoms with van der Waals surface area (Å²) in [7, 11) is 0. The molecule has 8 nitrogen and oxygen atoms in total. The quantitative estimate of drug-likeness (QED) is 0.606. The van der Waals surface area contributed by atoms with Gasteiger partial charge >= 0.3 is 6.09 Å². The van der Waals surface area contributed by atoms with Crippen LogP contribution in [-0.4, -0.2) is 60.1 Å². The van der Waals surface area contributed by atoms with E-state index >= 15 is 0 Å². The Morgan fingerprint density at radius 3 is 2.97 bits per heavy atom. The average Bonchev–Trinajstić information content (AvgIpc) is 3.50. The van der Waals surface area contributed by atoms with Crippen LogP contribution in [0.25, 0.3) is 22.3 Å². The smallest absolute Gasteiger partial charge is 0.407 e. The first kappa shape index (κ1) is 21.4. The lowest BCUT2D eigenvalue weighted by molar-refractivity contribution is 0.0825. The molecular weight excluding hydrogens is 427 g/mol. The molecule has 0 aliphatic carbocycles. The lowest BCUT2D eigenvalue weighted by Gasteiger charge is -2.21. The van der Waals surface area contributed by atoms with Gasteiger partial charge in [-0.2, -0.15) is 0 Å². The Labute approximate surface area is 191 Å².